The number of ether oxygens (including phenoxy) is 1. The molecule has 0 aliphatic carbocycles. The predicted molar refractivity (Wildman–Crippen MR) is 97.7 cm³/mol. The fraction of sp³-hybridized carbons (Fsp3) is 0.263. The van der Waals surface area contributed by atoms with Crippen molar-refractivity contribution in [3.05, 3.63) is 60.2 Å². The van der Waals surface area contributed by atoms with Crippen molar-refractivity contribution in [1.29, 1.82) is 0 Å². The number of carboxylic acids is 1. The molecular formula is C19H24N2O4. The number of hydrogen-bond acceptors (Lipinski definition) is 4. The summed E-state index contributed by atoms with van der Waals surface area (Å²) in [7, 11) is 1.54. The molecule has 6 nitrogen and oxygen atoms in total. The number of nitrogens with two attached hydrogens (primary N) is 1. The van der Waals surface area contributed by atoms with E-state index < -0.39 is 5.97 Å². The molecule has 0 spiro atoms. The molecular weight excluding hydrogens is 320 g/mol. The summed E-state index contributed by atoms with van der Waals surface area (Å²) >= 11 is 0. The van der Waals surface area contributed by atoms with Gasteiger partial charge < -0.3 is 20.5 Å². The lowest BCUT2D eigenvalue weighted by molar-refractivity contribution is -0.136. The van der Waals surface area contributed by atoms with E-state index in [1.807, 2.05) is 37.3 Å². The quantitative estimate of drug-likeness (QED) is 0.870. The first-order valence-electron chi connectivity index (χ1n) is 7.79. The topological polar surface area (TPSA) is 92.9 Å². The number of rotatable bonds is 5. The van der Waals surface area contributed by atoms with Gasteiger partial charge in [0.1, 0.15) is 12.3 Å². The van der Waals surface area contributed by atoms with Crippen molar-refractivity contribution in [2.45, 2.75) is 19.9 Å². The summed E-state index contributed by atoms with van der Waals surface area (Å²) in [6.07, 6.45) is 0. The Labute approximate surface area is 147 Å². The Bertz CT molecular complexity index is 670. The van der Waals surface area contributed by atoms with Gasteiger partial charge in [0.15, 0.2) is 0 Å². The smallest absolute Gasteiger partial charge is 0.323 e. The number of carboxylic acid groups (broad SMARTS) is 1. The fourth-order valence-corrected chi connectivity index (χ4v) is 2.04. The highest BCUT2D eigenvalue weighted by Gasteiger charge is 2.14. The second kappa shape index (κ2) is 10.1. The Morgan fingerprint density at radius 2 is 1.68 bits per heavy atom. The maximum absolute atomic E-state index is 11.3. The van der Waals surface area contributed by atoms with Crippen molar-refractivity contribution in [2.24, 2.45) is 5.73 Å². The third-order valence-electron chi connectivity index (χ3n) is 3.38. The highest BCUT2D eigenvalue weighted by Crippen LogP contribution is 2.19. The maximum Gasteiger partial charge on any atom is 0.323 e. The van der Waals surface area contributed by atoms with Gasteiger partial charge in [-0.15, -0.1) is 0 Å². The van der Waals surface area contributed by atoms with Gasteiger partial charge in [0, 0.05) is 18.7 Å². The highest BCUT2D eigenvalue weighted by molar-refractivity contribution is 5.95. The van der Waals surface area contributed by atoms with Gasteiger partial charge in [-0.05, 0) is 36.8 Å². The molecule has 0 heterocycles. The maximum atomic E-state index is 11.3. The molecule has 0 saturated heterocycles. The van der Waals surface area contributed by atoms with E-state index in [0.717, 1.165) is 0 Å². The zero-order valence-corrected chi connectivity index (χ0v) is 14.7. The Hall–Kier alpha value is -2.86. The van der Waals surface area contributed by atoms with Crippen LogP contribution in [0.15, 0.2) is 54.6 Å². The summed E-state index contributed by atoms with van der Waals surface area (Å²) in [4.78, 5) is 23.0. The molecule has 0 aliphatic rings. The Morgan fingerprint density at radius 3 is 2.04 bits per heavy atom. The van der Waals surface area contributed by atoms with Gasteiger partial charge in [-0.25, -0.2) is 0 Å². The van der Waals surface area contributed by atoms with Gasteiger partial charge in [-0.2, -0.15) is 0 Å². The molecule has 25 heavy (non-hydrogen) atoms. The molecule has 0 fully saturated rings. The van der Waals surface area contributed by atoms with E-state index in [-0.39, 0.29) is 18.5 Å². The number of anilines is 1. The van der Waals surface area contributed by atoms with Crippen LogP contribution < -0.4 is 15.4 Å². The van der Waals surface area contributed by atoms with E-state index >= 15 is 0 Å². The van der Waals surface area contributed by atoms with E-state index in [1.165, 1.54) is 24.5 Å². The lowest BCUT2D eigenvalue weighted by Gasteiger charge is -2.18. The molecule has 1 amide bonds. The van der Waals surface area contributed by atoms with Crippen LogP contribution in [0.2, 0.25) is 0 Å². The second-order valence-electron chi connectivity index (χ2n) is 5.40. The number of amides is 1. The molecule has 0 aliphatic heterocycles. The lowest BCUT2D eigenvalue weighted by atomic mass is 10.1. The molecule has 1 unspecified atom stereocenters. The number of aliphatic carboxylic acids is 1. The average Bonchev–Trinajstić information content (AvgIpc) is 2.61. The third kappa shape index (κ3) is 7.05. The van der Waals surface area contributed by atoms with Crippen LogP contribution in [0.25, 0.3) is 0 Å². The molecule has 0 bridgehead atoms. The largest absolute Gasteiger partial charge is 0.497 e. The number of nitrogens with zero attached hydrogens (tertiary/aromatic N) is 1. The molecule has 2 rings (SSSR count). The van der Waals surface area contributed by atoms with Gasteiger partial charge in [-0.3, -0.25) is 9.59 Å². The first-order valence-corrected chi connectivity index (χ1v) is 7.79. The van der Waals surface area contributed by atoms with Crippen LogP contribution in [0.3, 0.4) is 0 Å². The minimum absolute atomic E-state index is 0.159. The van der Waals surface area contributed by atoms with Crippen LogP contribution in [-0.2, 0) is 9.59 Å². The van der Waals surface area contributed by atoms with Gasteiger partial charge >= 0.3 is 5.97 Å². The lowest BCUT2D eigenvalue weighted by Crippen LogP contribution is -2.33. The molecule has 0 aromatic heterocycles. The summed E-state index contributed by atoms with van der Waals surface area (Å²) in [5.41, 5.74) is 7.34. The minimum atomic E-state index is -1.05. The van der Waals surface area contributed by atoms with Gasteiger partial charge in [0.2, 0.25) is 5.91 Å². The van der Waals surface area contributed by atoms with E-state index in [2.05, 4.69) is 0 Å². The molecule has 2 aromatic carbocycles. The van der Waals surface area contributed by atoms with Crippen molar-refractivity contribution in [1.82, 2.24) is 0 Å². The first kappa shape index (κ1) is 20.2. The van der Waals surface area contributed by atoms with Crippen molar-refractivity contribution in [2.75, 3.05) is 18.6 Å². The molecule has 3 N–H and O–H groups in total. The van der Waals surface area contributed by atoms with Crippen LogP contribution in [0.4, 0.5) is 5.69 Å². The number of methoxy groups -OCH3 is 1. The van der Waals surface area contributed by atoms with Crippen LogP contribution in [0.1, 0.15) is 25.5 Å². The second-order valence-corrected chi connectivity index (χ2v) is 5.40. The number of benzene rings is 2. The predicted octanol–water partition coefficient (Wildman–Crippen LogP) is 2.84. The summed E-state index contributed by atoms with van der Waals surface area (Å²) in [5, 5.41) is 8.68. The van der Waals surface area contributed by atoms with Crippen molar-refractivity contribution >= 4 is 17.6 Å². The summed E-state index contributed by atoms with van der Waals surface area (Å²) in [6, 6.07) is 16.8. The van der Waals surface area contributed by atoms with Crippen LogP contribution in [0, 0.1) is 0 Å². The zero-order valence-electron chi connectivity index (χ0n) is 14.7. The first-order chi connectivity index (χ1) is 11.8. The minimum Gasteiger partial charge on any atom is -0.497 e. The van der Waals surface area contributed by atoms with Gasteiger partial charge in [0.05, 0.1) is 7.11 Å². The Morgan fingerprint density at radius 1 is 1.12 bits per heavy atom. The highest BCUT2D eigenvalue weighted by atomic mass is 16.5. The Balaban J connectivity index is 0.000000293. The molecule has 134 valence electrons. The standard InChI is InChI=1S/C11H13NO4.C8H11N/c1-8(13)12(7-11(14)15)9-3-5-10(16-2)6-4-9;1-7(9)8-5-3-2-4-6-8/h3-6H,7H2,1-2H3,(H,14,15);2-7H,9H2,1H3. The SMILES string of the molecule is CC(N)c1ccccc1.COc1ccc(N(CC(=O)O)C(C)=O)cc1. The van der Waals surface area contributed by atoms with Gasteiger partial charge in [0.25, 0.3) is 0 Å². The van der Waals surface area contributed by atoms with E-state index in [9.17, 15) is 9.59 Å². The molecule has 1 atom stereocenters. The number of carbonyl (C=O) groups is 2. The van der Waals surface area contributed by atoms with E-state index in [1.54, 1.807) is 24.3 Å². The molecule has 0 saturated carbocycles. The fourth-order valence-electron chi connectivity index (χ4n) is 2.04. The monoisotopic (exact) mass is 344 g/mol. The molecule has 2 aromatic rings. The van der Waals surface area contributed by atoms with Crippen molar-refractivity contribution in [3.8, 4) is 5.75 Å². The van der Waals surface area contributed by atoms with Gasteiger partial charge in [-0.1, -0.05) is 30.3 Å². The number of hydrogen-bond donors (Lipinski definition) is 2. The summed E-state index contributed by atoms with van der Waals surface area (Å²) in [6.45, 7) is 2.96. The van der Waals surface area contributed by atoms with Crippen molar-refractivity contribution < 1.29 is 19.4 Å². The van der Waals surface area contributed by atoms with E-state index in [0.29, 0.717) is 11.4 Å². The van der Waals surface area contributed by atoms with Crippen LogP contribution in [-0.4, -0.2) is 30.6 Å². The zero-order chi connectivity index (χ0) is 18.8. The third-order valence-corrected chi connectivity index (χ3v) is 3.38. The summed E-state index contributed by atoms with van der Waals surface area (Å²) < 4.78 is 4.97. The summed E-state index contributed by atoms with van der Waals surface area (Å²) in [5.74, 6) is -0.707. The van der Waals surface area contributed by atoms with Crippen LogP contribution >= 0.6 is 0 Å². The van der Waals surface area contributed by atoms with Crippen molar-refractivity contribution in [3.63, 3.8) is 0 Å². The Kier molecular flexibility index (Phi) is 8.15. The van der Waals surface area contributed by atoms with Crippen LogP contribution in [0.5, 0.6) is 5.75 Å². The average molecular weight is 344 g/mol. The van der Waals surface area contributed by atoms with E-state index in [4.69, 9.17) is 15.6 Å². The molecule has 6 heteroatoms. The number of carbonyl (C=O) groups excluding carboxylic acids is 1. The normalized spacial score (nSPS) is 10.9. The molecule has 0 radical (unpaired) electrons.